The number of nitrogens with one attached hydrogen (secondary N) is 1. The van der Waals surface area contributed by atoms with E-state index in [-0.39, 0.29) is 12.3 Å². The van der Waals surface area contributed by atoms with Crippen molar-refractivity contribution >= 4 is 21.8 Å². The Morgan fingerprint density at radius 3 is 2.79 bits per heavy atom. The number of aryl methyl sites for hydroxylation is 1. The van der Waals surface area contributed by atoms with Crippen LogP contribution in [0.25, 0.3) is 0 Å². The number of sulfonamides is 1. The highest BCUT2D eigenvalue weighted by Gasteiger charge is 2.22. The molecule has 7 heteroatoms. The topological polar surface area (TPSA) is 79.3 Å². The summed E-state index contributed by atoms with van der Waals surface area (Å²) in [4.78, 5) is 4.08. The molecular weight excluding hydrogens is 284 g/mol. The minimum atomic E-state index is -3.39. The van der Waals surface area contributed by atoms with Crippen LogP contribution >= 0.6 is 11.8 Å². The van der Waals surface area contributed by atoms with E-state index in [9.17, 15) is 13.5 Å². The molecule has 0 aromatic carbocycles. The van der Waals surface area contributed by atoms with Crippen molar-refractivity contribution in [3.63, 3.8) is 0 Å². The molecule has 0 amide bonds. The van der Waals surface area contributed by atoms with Gasteiger partial charge in [-0.25, -0.2) is 13.1 Å². The maximum Gasteiger partial charge on any atom is 0.212 e. The molecule has 19 heavy (non-hydrogen) atoms. The maximum atomic E-state index is 11.8. The summed E-state index contributed by atoms with van der Waals surface area (Å²) in [5.74, 6) is 0.453. The fraction of sp³-hybridized carbons (Fsp3) is 0.583. The van der Waals surface area contributed by atoms with Crippen molar-refractivity contribution in [2.45, 2.75) is 18.9 Å². The van der Waals surface area contributed by atoms with Crippen LogP contribution in [0.15, 0.2) is 24.4 Å². The molecule has 1 aromatic rings. The minimum absolute atomic E-state index is 0.0262. The number of hydrogen-bond donors (Lipinski definition) is 2. The van der Waals surface area contributed by atoms with Gasteiger partial charge < -0.3 is 5.11 Å². The Bertz CT molecular complexity index is 475. The molecule has 0 radical (unpaired) electrons. The van der Waals surface area contributed by atoms with Crippen LogP contribution in [0.1, 0.15) is 12.6 Å². The van der Waals surface area contributed by atoms with E-state index >= 15 is 0 Å². The minimum Gasteiger partial charge on any atom is -0.388 e. The summed E-state index contributed by atoms with van der Waals surface area (Å²) in [6, 6.07) is 5.40. The van der Waals surface area contributed by atoms with Gasteiger partial charge in [0.2, 0.25) is 10.0 Å². The second-order valence-corrected chi connectivity index (χ2v) is 7.43. The van der Waals surface area contributed by atoms with E-state index in [4.69, 9.17) is 0 Å². The zero-order chi connectivity index (χ0) is 14.4. The van der Waals surface area contributed by atoms with Gasteiger partial charge in [0.05, 0.1) is 11.4 Å². The molecule has 0 aliphatic heterocycles. The summed E-state index contributed by atoms with van der Waals surface area (Å²) in [6.07, 6.45) is 3.86. The molecule has 1 rings (SSSR count). The largest absolute Gasteiger partial charge is 0.388 e. The molecule has 0 aliphatic rings. The molecule has 1 unspecified atom stereocenters. The lowest BCUT2D eigenvalue weighted by Crippen LogP contribution is -2.43. The van der Waals surface area contributed by atoms with Gasteiger partial charge >= 0.3 is 0 Å². The number of thioether (sulfide) groups is 1. The first kappa shape index (κ1) is 16.4. The van der Waals surface area contributed by atoms with Crippen LogP contribution in [-0.4, -0.2) is 48.4 Å². The van der Waals surface area contributed by atoms with E-state index in [1.54, 1.807) is 25.3 Å². The monoisotopic (exact) mass is 304 g/mol. The average molecular weight is 304 g/mol. The molecule has 0 fully saturated rings. The summed E-state index contributed by atoms with van der Waals surface area (Å²) >= 11 is 1.47. The van der Waals surface area contributed by atoms with Crippen molar-refractivity contribution in [1.82, 2.24) is 9.71 Å². The van der Waals surface area contributed by atoms with Crippen LogP contribution in [0.4, 0.5) is 0 Å². The van der Waals surface area contributed by atoms with Crippen LogP contribution in [-0.2, 0) is 16.4 Å². The third kappa shape index (κ3) is 6.91. The van der Waals surface area contributed by atoms with Crippen LogP contribution in [0.5, 0.6) is 0 Å². The molecule has 0 spiro atoms. The number of rotatable bonds is 8. The van der Waals surface area contributed by atoms with Crippen LogP contribution in [0.2, 0.25) is 0 Å². The van der Waals surface area contributed by atoms with Gasteiger partial charge in [0.1, 0.15) is 0 Å². The second kappa shape index (κ2) is 7.23. The van der Waals surface area contributed by atoms with Gasteiger partial charge in [-0.1, -0.05) is 6.07 Å². The quantitative estimate of drug-likeness (QED) is 0.737. The van der Waals surface area contributed by atoms with E-state index in [0.717, 1.165) is 5.69 Å². The number of aromatic nitrogens is 1. The van der Waals surface area contributed by atoms with Gasteiger partial charge in [-0.2, -0.15) is 11.8 Å². The van der Waals surface area contributed by atoms with Crippen molar-refractivity contribution in [3.8, 4) is 0 Å². The maximum absolute atomic E-state index is 11.8. The Morgan fingerprint density at radius 2 is 2.21 bits per heavy atom. The van der Waals surface area contributed by atoms with Crippen LogP contribution in [0, 0.1) is 0 Å². The molecule has 2 N–H and O–H groups in total. The number of nitrogens with zero attached hydrogens (tertiary/aromatic N) is 1. The lowest BCUT2D eigenvalue weighted by Gasteiger charge is -2.22. The van der Waals surface area contributed by atoms with E-state index in [2.05, 4.69) is 9.71 Å². The normalized spacial score (nSPS) is 15.1. The van der Waals surface area contributed by atoms with Crippen molar-refractivity contribution < 1.29 is 13.5 Å². The highest BCUT2D eigenvalue weighted by atomic mass is 32.2. The lowest BCUT2D eigenvalue weighted by molar-refractivity contribution is 0.0909. The summed E-state index contributed by atoms with van der Waals surface area (Å²) in [7, 11) is -3.39. The van der Waals surface area contributed by atoms with Crippen LogP contribution in [0.3, 0.4) is 0 Å². The molecule has 1 atom stereocenters. The van der Waals surface area contributed by atoms with Gasteiger partial charge in [-0.15, -0.1) is 0 Å². The number of pyridine rings is 1. The van der Waals surface area contributed by atoms with Crippen molar-refractivity contribution in [3.05, 3.63) is 30.1 Å². The standard InChI is InChI=1S/C12H20N2O3S2/c1-12(15,10-18-2)9-14-19(16,17)8-6-11-5-3-4-7-13-11/h3-5,7,14-15H,6,8-10H2,1-2H3. The molecule has 0 saturated heterocycles. The molecule has 0 aliphatic carbocycles. The van der Waals surface area contributed by atoms with Crippen LogP contribution < -0.4 is 4.72 Å². The molecule has 5 nitrogen and oxygen atoms in total. The third-order valence-electron chi connectivity index (χ3n) is 2.48. The molecule has 1 aromatic heterocycles. The second-order valence-electron chi connectivity index (χ2n) is 4.64. The third-order valence-corrected chi connectivity index (χ3v) is 4.72. The Hall–Kier alpha value is -0.630. The first-order valence-corrected chi connectivity index (χ1v) is 8.98. The Kier molecular flexibility index (Phi) is 6.25. The average Bonchev–Trinajstić information content (AvgIpc) is 2.36. The summed E-state index contributed by atoms with van der Waals surface area (Å²) in [5.41, 5.74) is -0.291. The predicted molar refractivity (Wildman–Crippen MR) is 78.7 cm³/mol. The van der Waals surface area contributed by atoms with Gasteiger partial charge in [0, 0.05) is 30.6 Å². The zero-order valence-electron chi connectivity index (χ0n) is 11.2. The SMILES string of the molecule is CSCC(C)(O)CNS(=O)(=O)CCc1ccccn1. The van der Waals surface area contributed by atoms with Crippen molar-refractivity contribution in [2.24, 2.45) is 0 Å². The lowest BCUT2D eigenvalue weighted by atomic mass is 10.1. The number of hydrogen-bond acceptors (Lipinski definition) is 5. The molecular formula is C12H20N2O3S2. The van der Waals surface area contributed by atoms with Gasteiger partial charge in [-0.05, 0) is 25.3 Å². The highest BCUT2D eigenvalue weighted by Crippen LogP contribution is 2.09. The Balaban J connectivity index is 2.44. The highest BCUT2D eigenvalue weighted by molar-refractivity contribution is 7.98. The van der Waals surface area contributed by atoms with Crippen molar-refractivity contribution in [1.29, 1.82) is 0 Å². The Labute approximate surface area is 118 Å². The fourth-order valence-corrected chi connectivity index (χ4v) is 3.36. The summed E-state index contributed by atoms with van der Waals surface area (Å²) in [5, 5.41) is 9.90. The molecule has 0 saturated carbocycles. The number of aliphatic hydroxyl groups is 1. The molecule has 1 heterocycles. The van der Waals surface area contributed by atoms with E-state index in [1.807, 2.05) is 12.3 Å². The van der Waals surface area contributed by atoms with Gasteiger partial charge in [-0.3, -0.25) is 4.98 Å². The van der Waals surface area contributed by atoms with E-state index in [0.29, 0.717) is 12.2 Å². The Morgan fingerprint density at radius 1 is 1.47 bits per heavy atom. The molecule has 0 bridgehead atoms. The van der Waals surface area contributed by atoms with Gasteiger partial charge in [0.15, 0.2) is 0 Å². The van der Waals surface area contributed by atoms with E-state index < -0.39 is 15.6 Å². The first-order chi connectivity index (χ1) is 8.85. The smallest absolute Gasteiger partial charge is 0.212 e. The van der Waals surface area contributed by atoms with E-state index in [1.165, 1.54) is 11.8 Å². The first-order valence-electron chi connectivity index (χ1n) is 5.93. The zero-order valence-corrected chi connectivity index (χ0v) is 12.8. The van der Waals surface area contributed by atoms with Gasteiger partial charge in [0.25, 0.3) is 0 Å². The van der Waals surface area contributed by atoms with Crippen molar-refractivity contribution in [2.75, 3.05) is 24.3 Å². The fourth-order valence-electron chi connectivity index (χ4n) is 1.48. The summed E-state index contributed by atoms with van der Waals surface area (Å²) < 4.78 is 26.0. The summed E-state index contributed by atoms with van der Waals surface area (Å²) in [6.45, 7) is 1.64. The predicted octanol–water partition coefficient (Wildman–Crippen LogP) is 0.657. The molecule has 108 valence electrons.